The highest BCUT2D eigenvalue weighted by Crippen LogP contribution is 2.48. The van der Waals surface area contributed by atoms with Gasteiger partial charge in [-0.2, -0.15) is 8.78 Å². The molecule has 0 aromatic heterocycles. The molecule has 4 nitrogen and oxygen atoms in total. The zero-order chi connectivity index (χ0) is 16.7. The lowest BCUT2D eigenvalue weighted by Gasteiger charge is -2.43. The first-order valence-electron chi connectivity index (χ1n) is 7.82. The van der Waals surface area contributed by atoms with Crippen molar-refractivity contribution in [3.63, 3.8) is 0 Å². The van der Waals surface area contributed by atoms with Crippen LogP contribution in [0.4, 0.5) is 8.78 Å². The van der Waals surface area contributed by atoms with E-state index in [2.05, 4.69) is 0 Å². The molecule has 0 aromatic rings. The maximum Gasteiger partial charge on any atom is 0.374 e. The number of carbonyl (C=O) groups excluding carboxylic acids is 1. The molecule has 0 aromatic carbocycles. The van der Waals surface area contributed by atoms with Gasteiger partial charge in [0.25, 0.3) is 0 Å². The first kappa shape index (κ1) is 17.2. The normalized spacial score (nSPS) is 32.4. The molecule has 0 aliphatic heterocycles. The van der Waals surface area contributed by atoms with E-state index < -0.39 is 23.2 Å². The Morgan fingerprint density at radius 2 is 1.50 bits per heavy atom. The first-order valence-corrected chi connectivity index (χ1v) is 7.82. The van der Waals surface area contributed by atoms with Gasteiger partial charge in [-0.25, -0.2) is 4.79 Å². The third kappa shape index (κ3) is 3.58. The molecule has 2 aliphatic rings. The second kappa shape index (κ2) is 5.78. The average Bonchev–Trinajstić information content (AvgIpc) is 2.36. The monoisotopic (exact) mass is 318 g/mol. The fraction of sp³-hybridized carbons (Fsp3) is 0.875. The quantitative estimate of drug-likeness (QED) is 0.809. The second-order valence-electron chi connectivity index (χ2n) is 7.81. The highest BCUT2D eigenvalue weighted by molar-refractivity contribution is 5.76. The van der Waals surface area contributed by atoms with E-state index in [1.807, 2.05) is 0 Å². The van der Waals surface area contributed by atoms with Crippen LogP contribution in [0.1, 0.15) is 52.9 Å². The van der Waals surface area contributed by atoms with Crippen molar-refractivity contribution in [3.05, 3.63) is 0 Å². The Bertz CT molecular complexity index is 442. The van der Waals surface area contributed by atoms with Gasteiger partial charge in [-0.05, 0) is 64.7 Å². The van der Waals surface area contributed by atoms with Crippen LogP contribution in [0.5, 0.6) is 0 Å². The molecule has 0 spiro atoms. The molecule has 1 N–H and O–H groups in total. The smallest absolute Gasteiger partial charge is 0.374 e. The van der Waals surface area contributed by atoms with Crippen molar-refractivity contribution in [1.82, 2.24) is 0 Å². The van der Waals surface area contributed by atoms with Crippen LogP contribution >= 0.6 is 0 Å². The summed E-state index contributed by atoms with van der Waals surface area (Å²) >= 11 is 0. The third-order valence-corrected chi connectivity index (χ3v) is 4.78. The Kier molecular flexibility index (Phi) is 4.51. The molecule has 2 unspecified atom stereocenters. The summed E-state index contributed by atoms with van der Waals surface area (Å²) in [6.45, 7) is 5.34. The van der Waals surface area contributed by atoms with Crippen molar-refractivity contribution in [2.24, 2.45) is 23.2 Å². The average molecular weight is 318 g/mol. The van der Waals surface area contributed by atoms with Crippen LogP contribution in [0.25, 0.3) is 0 Å². The maximum atomic E-state index is 13.7. The van der Waals surface area contributed by atoms with Gasteiger partial charge in [0, 0.05) is 5.92 Å². The molecule has 126 valence electrons. The second-order valence-corrected chi connectivity index (χ2v) is 7.81. The number of carboxylic acid groups (broad SMARTS) is 1. The van der Waals surface area contributed by atoms with Crippen molar-refractivity contribution >= 4 is 11.9 Å². The first-order chi connectivity index (χ1) is 10.00. The number of halogens is 2. The minimum Gasteiger partial charge on any atom is -0.477 e. The zero-order valence-electron chi connectivity index (χ0n) is 13.3. The number of rotatable bonds is 3. The van der Waals surface area contributed by atoms with E-state index >= 15 is 0 Å². The third-order valence-electron chi connectivity index (χ3n) is 4.78. The highest BCUT2D eigenvalue weighted by atomic mass is 19.3. The molecule has 2 fully saturated rings. The lowest BCUT2D eigenvalue weighted by atomic mass is 9.65. The van der Waals surface area contributed by atoms with Crippen LogP contribution in [0.3, 0.4) is 0 Å². The van der Waals surface area contributed by atoms with Gasteiger partial charge in [-0.1, -0.05) is 0 Å². The predicted octanol–water partition coefficient (Wildman–Crippen LogP) is 3.49. The molecule has 2 aliphatic carbocycles. The van der Waals surface area contributed by atoms with Gasteiger partial charge in [0.1, 0.15) is 6.10 Å². The number of aliphatic carboxylic acids is 1. The summed E-state index contributed by atoms with van der Waals surface area (Å²) < 4.78 is 33.0. The minimum absolute atomic E-state index is 0.0143. The van der Waals surface area contributed by atoms with Gasteiger partial charge < -0.3 is 9.84 Å². The Morgan fingerprint density at radius 1 is 1.00 bits per heavy atom. The Balaban J connectivity index is 1.98. The van der Waals surface area contributed by atoms with Crippen LogP contribution in [0.2, 0.25) is 0 Å². The number of carbonyl (C=O) groups is 2. The summed E-state index contributed by atoms with van der Waals surface area (Å²) in [5, 5.41) is 8.70. The number of carboxylic acids is 1. The van der Waals surface area contributed by atoms with Crippen molar-refractivity contribution < 1.29 is 28.2 Å². The molecular weight excluding hydrogens is 294 g/mol. The van der Waals surface area contributed by atoms with Gasteiger partial charge >= 0.3 is 17.9 Å². The van der Waals surface area contributed by atoms with E-state index in [-0.39, 0.29) is 36.8 Å². The molecule has 6 heteroatoms. The SMILES string of the molecule is CC(C)(C)C(=O)OC1CC2CC(C1)CC(C(F)(F)C(=O)O)C2. The van der Waals surface area contributed by atoms with E-state index in [1.165, 1.54) is 0 Å². The molecule has 2 rings (SSSR count). The van der Waals surface area contributed by atoms with Crippen molar-refractivity contribution in [3.8, 4) is 0 Å². The number of alkyl halides is 2. The summed E-state index contributed by atoms with van der Waals surface area (Å²) in [5.74, 6) is -7.04. The summed E-state index contributed by atoms with van der Waals surface area (Å²) in [7, 11) is 0. The van der Waals surface area contributed by atoms with Crippen LogP contribution < -0.4 is 0 Å². The molecule has 0 saturated heterocycles. The van der Waals surface area contributed by atoms with Gasteiger partial charge in [0.05, 0.1) is 5.41 Å². The van der Waals surface area contributed by atoms with Gasteiger partial charge in [-0.15, -0.1) is 0 Å². The Morgan fingerprint density at radius 3 is 1.91 bits per heavy atom. The van der Waals surface area contributed by atoms with Crippen LogP contribution in [0, 0.1) is 23.2 Å². The fourth-order valence-corrected chi connectivity index (χ4v) is 3.68. The molecule has 0 heterocycles. The minimum atomic E-state index is -3.66. The molecule has 2 bridgehead atoms. The molecule has 2 saturated carbocycles. The molecule has 2 atom stereocenters. The number of hydrogen-bond acceptors (Lipinski definition) is 3. The largest absolute Gasteiger partial charge is 0.477 e. The van der Waals surface area contributed by atoms with E-state index in [0.29, 0.717) is 12.8 Å². The van der Waals surface area contributed by atoms with Crippen LogP contribution in [-0.4, -0.2) is 29.1 Å². The van der Waals surface area contributed by atoms with Crippen LogP contribution in [-0.2, 0) is 14.3 Å². The van der Waals surface area contributed by atoms with Crippen molar-refractivity contribution in [2.45, 2.75) is 64.9 Å². The number of esters is 1. The lowest BCUT2D eigenvalue weighted by Crippen LogP contribution is -2.45. The van der Waals surface area contributed by atoms with Gasteiger partial charge in [-0.3, -0.25) is 4.79 Å². The summed E-state index contributed by atoms with van der Waals surface area (Å²) in [6, 6.07) is 0. The topological polar surface area (TPSA) is 63.6 Å². The number of ether oxygens (including phenoxy) is 1. The summed E-state index contributed by atoms with van der Waals surface area (Å²) in [5.41, 5.74) is -0.578. The molecular formula is C16H24F2O4. The Hall–Kier alpha value is -1.20. The summed E-state index contributed by atoms with van der Waals surface area (Å²) in [6.07, 6.45) is 2.11. The van der Waals surface area contributed by atoms with Crippen LogP contribution in [0.15, 0.2) is 0 Å². The standard InChI is InChI=1S/C16H24F2O4/c1-15(2,3)14(21)22-12-7-9-4-10(8-12)6-11(5-9)16(17,18)13(19)20/h9-12H,4-8H2,1-3H3,(H,19,20). The maximum absolute atomic E-state index is 13.7. The number of hydrogen-bond donors (Lipinski definition) is 1. The van der Waals surface area contributed by atoms with E-state index in [1.54, 1.807) is 20.8 Å². The zero-order valence-corrected chi connectivity index (χ0v) is 13.3. The molecule has 0 amide bonds. The number of fused-ring (bicyclic) bond motifs is 2. The van der Waals surface area contributed by atoms with Crippen molar-refractivity contribution in [2.75, 3.05) is 0 Å². The molecule has 0 radical (unpaired) electrons. The highest BCUT2D eigenvalue weighted by Gasteiger charge is 2.52. The molecule has 22 heavy (non-hydrogen) atoms. The summed E-state index contributed by atoms with van der Waals surface area (Å²) in [4.78, 5) is 22.7. The Labute approximate surface area is 129 Å². The van der Waals surface area contributed by atoms with Gasteiger partial charge in [0.2, 0.25) is 0 Å². The fourth-order valence-electron chi connectivity index (χ4n) is 3.68. The van der Waals surface area contributed by atoms with E-state index in [9.17, 15) is 18.4 Å². The predicted molar refractivity (Wildman–Crippen MR) is 75.5 cm³/mol. The van der Waals surface area contributed by atoms with Gasteiger partial charge in [0.15, 0.2) is 0 Å². The van der Waals surface area contributed by atoms with E-state index in [0.717, 1.165) is 6.42 Å². The van der Waals surface area contributed by atoms with Crippen molar-refractivity contribution in [1.29, 1.82) is 0 Å². The van der Waals surface area contributed by atoms with E-state index in [4.69, 9.17) is 9.84 Å². The lowest BCUT2D eigenvalue weighted by molar-refractivity contribution is -0.181.